The van der Waals surface area contributed by atoms with E-state index in [1.165, 1.54) is 0 Å². The summed E-state index contributed by atoms with van der Waals surface area (Å²) in [5.41, 5.74) is 15.0. The molecule has 4 aromatic carbocycles. The van der Waals surface area contributed by atoms with E-state index in [1.807, 2.05) is 66.7 Å². The molecule has 0 saturated carbocycles. The smallest absolute Gasteiger partial charge is 0.335 e. The molecule has 0 fully saturated rings. The van der Waals surface area contributed by atoms with Crippen LogP contribution in [0.3, 0.4) is 0 Å². The molecule has 2 aliphatic heterocycles. The first kappa shape index (κ1) is 30.0. The molecule has 2 aliphatic rings. The number of rotatable bonds is 5. The fraction of sp³-hybridized carbons (Fsp3) is 0. The standard InChI is InChI=1S/C45H30N4O2/c50-45(51)32-18-16-31(17-19-32)40-39-27-36-23-22-34(47-36)24-33-20-21-35(46-33)25-37-26-38(28-10-4-1-5-11-28)43(48-37)42(30-14-8-3-9-15-30)44(49-39)41(40)29-12-6-2-7-13-29/h1-27,46,49H,(H,50,51). The van der Waals surface area contributed by atoms with E-state index < -0.39 is 5.97 Å². The molecule has 242 valence electrons. The van der Waals surface area contributed by atoms with Crippen molar-refractivity contribution in [2.45, 2.75) is 0 Å². The minimum Gasteiger partial charge on any atom is -0.478 e. The molecule has 3 N–H and O–H groups in total. The average Bonchev–Trinajstić information content (AvgIpc) is 3.97. The number of benzene rings is 4. The first-order valence-electron chi connectivity index (χ1n) is 16.8. The van der Waals surface area contributed by atoms with Gasteiger partial charge in [0.05, 0.1) is 33.9 Å². The summed E-state index contributed by atoms with van der Waals surface area (Å²) in [6, 6.07) is 48.4. The largest absolute Gasteiger partial charge is 0.478 e. The van der Waals surface area contributed by atoms with Crippen molar-refractivity contribution in [3.05, 3.63) is 179 Å². The number of carboxylic acid groups (broad SMARTS) is 1. The van der Waals surface area contributed by atoms with Crippen LogP contribution in [0.15, 0.2) is 146 Å². The van der Waals surface area contributed by atoms with Crippen molar-refractivity contribution < 1.29 is 9.90 Å². The molecule has 0 atom stereocenters. The van der Waals surface area contributed by atoms with Gasteiger partial charge in [0.15, 0.2) is 0 Å². The van der Waals surface area contributed by atoms with Crippen LogP contribution in [0.5, 0.6) is 0 Å². The van der Waals surface area contributed by atoms with Crippen molar-refractivity contribution in [2.24, 2.45) is 0 Å². The zero-order chi connectivity index (χ0) is 34.3. The molecule has 6 nitrogen and oxygen atoms in total. The van der Waals surface area contributed by atoms with E-state index in [-0.39, 0.29) is 5.56 Å². The summed E-state index contributed by atoms with van der Waals surface area (Å²) >= 11 is 0. The summed E-state index contributed by atoms with van der Waals surface area (Å²) in [4.78, 5) is 29.6. The van der Waals surface area contributed by atoms with Gasteiger partial charge in [-0.05, 0) is 82.9 Å². The zero-order valence-corrected chi connectivity index (χ0v) is 27.3. The molecular formula is C45H30N4O2. The molecule has 5 heterocycles. The maximum Gasteiger partial charge on any atom is 0.335 e. The molecule has 8 bridgehead atoms. The van der Waals surface area contributed by atoms with Gasteiger partial charge in [-0.15, -0.1) is 0 Å². The van der Waals surface area contributed by atoms with E-state index >= 15 is 0 Å². The van der Waals surface area contributed by atoms with Gasteiger partial charge < -0.3 is 15.1 Å². The molecule has 0 radical (unpaired) electrons. The zero-order valence-electron chi connectivity index (χ0n) is 27.3. The van der Waals surface area contributed by atoms with Gasteiger partial charge in [0, 0.05) is 38.8 Å². The minimum absolute atomic E-state index is 0.228. The highest BCUT2D eigenvalue weighted by Gasteiger charge is 2.24. The highest BCUT2D eigenvalue weighted by atomic mass is 16.4. The van der Waals surface area contributed by atoms with Crippen LogP contribution >= 0.6 is 0 Å². The summed E-state index contributed by atoms with van der Waals surface area (Å²) in [6.07, 6.45) is 6.18. The minimum atomic E-state index is -0.967. The van der Waals surface area contributed by atoms with Gasteiger partial charge in [-0.25, -0.2) is 14.8 Å². The Morgan fingerprint density at radius 1 is 0.510 bits per heavy atom. The van der Waals surface area contributed by atoms with Gasteiger partial charge in [0.25, 0.3) is 0 Å². The first-order valence-corrected chi connectivity index (χ1v) is 16.8. The number of H-pyrrole nitrogens is 2. The lowest BCUT2D eigenvalue weighted by molar-refractivity contribution is 0.0697. The number of nitrogens with zero attached hydrogens (tertiary/aromatic N) is 2. The third kappa shape index (κ3) is 5.65. The second-order valence-corrected chi connectivity index (χ2v) is 12.6. The number of hydrogen-bond acceptors (Lipinski definition) is 3. The summed E-state index contributed by atoms with van der Waals surface area (Å²) < 4.78 is 0. The Hall–Kier alpha value is -7.05. The third-order valence-corrected chi connectivity index (χ3v) is 9.25. The number of carbonyl (C=O) groups is 1. The molecule has 3 aromatic heterocycles. The van der Waals surface area contributed by atoms with Crippen LogP contribution in [-0.2, 0) is 0 Å². The molecular weight excluding hydrogens is 629 g/mol. The van der Waals surface area contributed by atoms with E-state index in [9.17, 15) is 9.90 Å². The maximum atomic E-state index is 11.9. The van der Waals surface area contributed by atoms with E-state index in [4.69, 9.17) is 9.97 Å². The number of aromatic amines is 2. The summed E-state index contributed by atoms with van der Waals surface area (Å²) in [6.45, 7) is 0. The Morgan fingerprint density at radius 2 is 1.06 bits per heavy atom. The monoisotopic (exact) mass is 658 g/mol. The van der Waals surface area contributed by atoms with Gasteiger partial charge in [0.2, 0.25) is 0 Å². The normalized spacial score (nSPS) is 12.1. The Balaban J connectivity index is 1.52. The molecule has 9 rings (SSSR count). The molecule has 6 heteroatoms. The topological polar surface area (TPSA) is 94.7 Å². The van der Waals surface area contributed by atoms with Crippen molar-refractivity contribution >= 4 is 51.8 Å². The van der Waals surface area contributed by atoms with E-state index in [1.54, 1.807) is 12.1 Å². The predicted octanol–water partition coefficient (Wildman–Crippen LogP) is 10.8. The van der Waals surface area contributed by atoms with Crippen molar-refractivity contribution in [1.29, 1.82) is 0 Å². The fourth-order valence-corrected chi connectivity index (χ4v) is 6.95. The van der Waals surface area contributed by atoms with Crippen LogP contribution in [0, 0.1) is 0 Å². The molecule has 51 heavy (non-hydrogen) atoms. The van der Waals surface area contributed by atoms with Crippen LogP contribution in [0.25, 0.3) is 79.2 Å². The average molecular weight is 659 g/mol. The maximum absolute atomic E-state index is 11.9. The second kappa shape index (κ2) is 12.4. The Labute approximate surface area is 293 Å². The summed E-state index contributed by atoms with van der Waals surface area (Å²) in [7, 11) is 0. The van der Waals surface area contributed by atoms with Crippen molar-refractivity contribution in [2.75, 3.05) is 0 Å². The van der Waals surface area contributed by atoms with Crippen molar-refractivity contribution in [3.63, 3.8) is 0 Å². The molecule has 0 unspecified atom stereocenters. The van der Waals surface area contributed by atoms with E-state index in [0.717, 1.165) is 89.4 Å². The Bertz CT molecular complexity index is 2690. The van der Waals surface area contributed by atoms with Crippen LogP contribution in [0.4, 0.5) is 0 Å². The fourth-order valence-electron chi connectivity index (χ4n) is 6.95. The second-order valence-electron chi connectivity index (χ2n) is 12.6. The lowest BCUT2D eigenvalue weighted by Crippen LogP contribution is -1.95. The van der Waals surface area contributed by atoms with Crippen LogP contribution in [0.1, 0.15) is 38.7 Å². The highest BCUT2D eigenvalue weighted by Crippen LogP contribution is 2.45. The van der Waals surface area contributed by atoms with Gasteiger partial charge in [-0.1, -0.05) is 103 Å². The van der Waals surface area contributed by atoms with E-state index in [2.05, 4.69) is 94.9 Å². The number of nitrogens with one attached hydrogen (secondary N) is 2. The molecule has 0 aliphatic carbocycles. The number of hydrogen-bond donors (Lipinski definition) is 3. The lowest BCUT2D eigenvalue weighted by Gasteiger charge is -2.12. The SMILES string of the molecule is O=C(O)c1ccc(-c2c(-c3ccccc3)c3[nH]c2cc2nc(cc4ccc(cc5nc(c3-c3ccccc3)C(c3ccccc3)=C5)[nH]4)C=C2)cc1. The Kier molecular flexibility index (Phi) is 7.33. The summed E-state index contributed by atoms with van der Waals surface area (Å²) in [5, 5.41) is 9.74. The lowest BCUT2D eigenvalue weighted by atomic mass is 9.91. The van der Waals surface area contributed by atoms with Crippen molar-refractivity contribution in [1.82, 2.24) is 19.9 Å². The molecule has 7 aromatic rings. The first-order chi connectivity index (χ1) is 25.1. The van der Waals surface area contributed by atoms with Gasteiger partial charge >= 0.3 is 5.97 Å². The number of carboxylic acids is 1. The van der Waals surface area contributed by atoms with Gasteiger partial charge in [-0.3, -0.25) is 0 Å². The van der Waals surface area contributed by atoms with Crippen LogP contribution < -0.4 is 0 Å². The quantitative estimate of drug-likeness (QED) is 0.171. The van der Waals surface area contributed by atoms with E-state index in [0.29, 0.717) is 0 Å². The van der Waals surface area contributed by atoms with Crippen LogP contribution in [-0.4, -0.2) is 31.0 Å². The van der Waals surface area contributed by atoms with Crippen molar-refractivity contribution in [3.8, 4) is 33.4 Å². The van der Waals surface area contributed by atoms with Crippen LogP contribution in [0.2, 0.25) is 0 Å². The number of aromatic carboxylic acids is 1. The third-order valence-electron chi connectivity index (χ3n) is 9.25. The summed E-state index contributed by atoms with van der Waals surface area (Å²) in [5.74, 6) is -0.967. The highest BCUT2D eigenvalue weighted by molar-refractivity contribution is 6.11. The molecule has 0 amide bonds. The predicted molar refractivity (Wildman–Crippen MR) is 207 cm³/mol. The van der Waals surface area contributed by atoms with Gasteiger partial charge in [0.1, 0.15) is 0 Å². The molecule has 0 spiro atoms. The van der Waals surface area contributed by atoms with Gasteiger partial charge in [-0.2, -0.15) is 0 Å². The number of aromatic nitrogens is 4. The Morgan fingerprint density at radius 3 is 1.69 bits per heavy atom. The number of fused-ring (bicyclic) bond motifs is 8. The molecule has 0 saturated heterocycles.